The van der Waals surface area contributed by atoms with Gasteiger partial charge in [-0.2, -0.15) is 4.98 Å². The standard InChI is InChI=1S/C18H24N4O2/c1-2-4-15(5-3-1)18-20-17(21-24-18)16-13-23-11-10-22(16)12-14-6-8-19-9-7-14/h1-5,14,16,19H,6-13H2. The van der Waals surface area contributed by atoms with Gasteiger partial charge in [-0.25, -0.2) is 0 Å². The van der Waals surface area contributed by atoms with E-state index in [1.807, 2.05) is 30.3 Å². The van der Waals surface area contributed by atoms with Gasteiger partial charge < -0.3 is 14.6 Å². The van der Waals surface area contributed by atoms with Crippen LogP contribution in [0.5, 0.6) is 0 Å². The van der Waals surface area contributed by atoms with E-state index >= 15 is 0 Å². The second-order valence-electron chi connectivity index (χ2n) is 6.60. The van der Waals surface area contributed by atoms with Crippen LogP contribution in [0.1, 0.15) is 24.7 Å². The lowest BCUT2D eigenvalue weighted by atomic mass is 9.96. The largest absolute Gasteiger partial charge is 0.378 e. The van der Waals surface area contributed by atoms with Crippen LogP contribution >= 0.6 is 0 Å². The van der Waals surface area contributed by atoms with E-state index in [4.69, 9.17) is 9.26 Å². The van der Waals surface area contributed by atoms with E-state index in [2.05, 4.69) is 20.4 Å². The highest BCUT2D eigenvalue weighted by atomic mass is 16.5. The van der Waals surface area contributed by atoms with Crippen molar-refractivity contribution in [3.63, 3.8) is 0 Å². The Hall–Kier alpha value is -1.76. The molecule has 2 aromatic rings. The van der Waals surface area contributed by atoms with Crippen LogP contribution in [0.3, 0.4) is 0 Å². The van der Waals surface area contributed by atoms with Crippen molar-refractivity contribution >= 4 is 0 Å². The monoisotopic (exact) mass is 328 g/mol. The van der Waals surface area contributed by atoms with Gasteiger partial charge in [-0.05, 0) is 44.0 Å². The van der Waals surface area contributed by atoms with E-state index in [1.54, 1.807) is 0 Å². The second-order valence-corrected chi connectivity index (χ2v) is 6.60. The molecule has 2 aliphatic heterocycles. The number of benzene rings is 1. The zero-order valence-electron chi connectivity index (χ0n) is 13.9. The number of morpholine rings is 1. The van der Waals surface area contributed by atoms with Crippen molar-refractivity contribution in [2.75, 3.05) is 39.4 Å². The van der Waals surface area contributed by atoms with Crippen LogP contribution in [0.25, 0.3) is 11.5 Å². The molecule has 6 nitrogen and oxygen atoms in total. The van der Waals surface area contributed by atoms with Crippen LogP contribution in [-0.2, 0) is 4.74 Å². The lowest BCUT2D eigenvalue weighted by molar-refractivity contribution is -0.0210. The average Bonchev–Trinajstić information content (AvgIpc) is 3.14. The number of hydrogen-bond acceptors (Lipinski definition) is 6. The fraction of sp³-hybridized carbons (Fsp3) is 0.556. The number of hydrogen-bond donors (Lipinski definition) is 1. The lowest BCUT2D eigenvalue weighted by Crippen LogP contribution is -2.44. The minimum absolute atomic E-state index is 0.0925. The van der Waals surface area contributed by atoms with Gasteiger partial charge in [-0.3, -0.25) is 4.90 Å². The number of piperidine rings is 1. The Labute approximate surface area is 142 Å². The van der Waals surface area contributed by atoms with Gasteiger partial charge in [0.15, 0.2) is 5.82 Å². The number of rotatable bonds is 4. The van der Waals surface area contributed by atoms with Crippen molar-refractivity contribution < 1.29 is 9.26 Å². The molecule has 6 heteroatoms. The molecule has 1 unspecified atom stereocenters. The third-order valence-electron chi connectivity index (χ3n) is 4.95. The predicted octanol–water partition coefficient (Wildman–Crippen LogP) is 2.11. The summed E-state index contributed by atoms with van der Waals surface area (Å²) >= 11 is 0. The molecule has 1 aromatic heterocycles. The van der Waals surface area contributed by atoms with Gasteiger partial charge in [0, 0.05) is 18.7 Å². The van der Waals surface area contributed by atoms with Crippen LogP contribution in [0.4, 0.5) is 0 Å². The SMILES string of the molecule is c1ccc(-c2nc(C3COCCN3CC3CCNCC3)no2)cc1. The maximum absolute atomic E-state index is 5.70. The summed E-state index contributed by atoms with van der Waals surface area (Å²) in [5.41, 5.74) is 0.956. The fourth-order valence-electron chi connectivity index (χ4n) is 3.56. The van der Waals surface area contributed by atoms with Gasteiger partial charge in [-0.1, -0.05) is 23.4 Å². The molecular formula is C18H24N4O2. The molecule has 128 valence electrons. The van der Waals surface area contributed by atoms with Crippen LogP contribution in [0.2, 0.25) is 0 Å². The molecule has 2 saturated heterocycles. The molecule has 0 radical (unpaired) electrons. The topological polar surface area (TPSA) is 63.4 Å². The molecule has 1 N–H and O–H groups in total. The molecule has 0 spiro atoms. The lowest BCUT2D eigenvalue weighted by Gasteiger charge is -2.37. The van der Waals surface area contributed by atoms with Crippen molar-refractivity contribution in [2.45, 2.75) is 18.9 Å². The zero-order valence-corrected chi connectivity index (χ0v) is 13.9. The van der Waals surface area contributed by atoms with Crippen molar-refractivity contribution in [3.8, 4) is 11.5 Å². The first-order valence-electron chi connectivity index (χ1n) is 8.81. The molecule has 24 heavy (non-hydrogen) atoms. The van der Waals surface area contributed by atoms with Gasteiger partial charge in [0.05, 0.1) is 19.3 Å². The van der Waals surface area contributed by atoms with Gasteiger partial charge in [0.2, 0.25) is 0 Å². The molecule has 0 amide bonds. The van der Waals surface area contributed by atoms with Gasteiger partial charge in [-0.15, -0.1) is 0 Å². The maximum atomic E-state index is 5.70. The Balaban J connectivity index is 1.49. The van der Waals surface area contributed by atoms with E-state index in [0.29, 0.717) is 12.5 Å². The molecule has 0 bridgehead atoms. The first-order chi connectivity index (χ1) is 11.9. The highest BCUT2D eigenvalue weighted by molar-refractivity contribution is 5.52. The van der Waals surface area contributed by atoms with Crippen LogP contribution < -0.4 is 5.32 Å². The molecule has 3 heterocycles. The number of nitrogens with one attached hydrogen (secondary N) is 1. The summed E-state index contributed by atoms with van der Waals surface area (Å²) in [5, 5.41) is 7.67. The van der Waals surface area contributed by atoms with Gasteiger partial charge in [0.1, 0.15) is 0 Å². The second kappa shape index (κ2) is 7.42. The molecule has 1 atom stereocenters. The normalized spacial score (nSPS) is 23.4. The summed E-state index contributed by atoms with van der Waals surface area (Å²) in [6.07, 6.45) is 2.48. The van der Waals surface area contributed by atoms with E-state index in [-0.39, 0.29) is 6.04 Å². The van der Waals surface area contributed by atoms with E-state index in [0.717, 1.165) is 50.1 Å². The summed E-state index contributed by atoms with van der Waals surface area (Å²) in [4.78, 5) is 7.11. The number of ether oxygens (including phenoxy) is 1. The summed E-state index contributed by atoms with van der Waals surface area (Å²) in [6, 6.07) is 10.0. The summed E-state index contributed by atoms with van der Waals surface area (Å²) in [6.45, 7) is 5.69. The Bertz CT molecular complexity index is 639. The van der Waals surface area contributed by atoms with Crippen LogP contribution in [0, 0.1) is 5.92 Å². The molecule has 0 saturated carbocycles. The quantitative estimate of drug-likeness (QED) is 0.927. The Morgan fingerprint density at radius 3 is 2.83 bits per heavy atom. The van der Waals surface area contributed by atoms with Gasteiger partial charge in [0.25, 0.3) is 5.89 Å². The fourth-order valence-corrected chi connectivity index (χ4v) is 3.56. The van der Waals surface area contributed by atoms with E-state index < -0.39 is 0 Å². The smallest absolute Gasteiger partial charge is 0.257 e. The third kappa shape index (κ3) is 3.50. The molecule has 4 rings (SSSR count). The summed E-state index contributed by atoms with van der Waals surface area (Å²) in [5.74, 6) is 2.06. The number of aromatic nitrogens is 2. The third-order valence-corrected chi connectivity index (χ3v) is 4.95. The summed E-state index contributed by atoms with van der Waals surface area (Å²) in [7, 11) is 0. The highest BCUT2D eigenvalue weighted by Crippen LogP contribution is 2.27. The average molecular weight is 328 g/mol. The first kappa shape index (κ1) is 15.7. The Morgan fingerprint density at radius 2 is 2.00 bits per heavy atom. The van der Waals surface area contributed by atoms with E-state index in [1.165, 1.54) is 12.8 Å². The van der Waals surface area contributed by atoms with Gasteiger partial charge >= 0.3 is 0 Å². The minimum atomic E-state index is 0.0925. The van der Waals surface area contributed by atoms with Crippen LogP contribution in [-0.4, -0.2) is 54.4 Å². The van der Waals surface area contributed by atoms with Crippen molar-refractivity contribution in [1.82, 2.24) is 20.4 Å². The predicted molar refractivity (Wildman–Crippen MR) is 90.5 cm³/mol. The molecular weight excluding hydrogens is 304 g/mol. The van der Waals surface area contributed by atoms with Crippen molar-refractivity contribution in [2.24, 2.45) is 5.92 Å². The Morgan fingerprint density at radius 1 is 1.17 bits per heavy atom. The molecule has 1 aromatic carbocycles. The Kier molecular flexibility index (Phi) is 4.87. The van der Waals surface area contributed by atoms with Crippen molar-refractivity contribution in [1.29, 1.82) is 0 Å². The maximum Gasteiger partial charge on any atom is 0.257 e. The van der Waals surface area contributed by atoms with Crippen LogP contribution in [0.15, 0.2) is 34.9 Å². The number of nitrogens with zero attached hydrogens (tertiary/aromatic N) is 3. The van der Waals surface area contributed by atoms with E-state index in [9.17, 15) is 0 Å². The van der Waals surface area contributed by atoms with Crippen molar-refractivity contribution in [3.05, 3.63) is 36.2 Å². The molecule has 2 aliphatic rings. The highest BCUT2D eigenvalue weighted by Gasteiger charge is 2.31. The molecule has 0 aliphatic carbocycles. The molecule has 2 fully saturated rings. The zero-order chi connectivity index (χ0) is 16.2. The first-order valence-corrected chi connectivity index (χ1v) is 8.81. The summed E-state index contributed by atoms with van der Waals surface area (Å²) < 4.78 is 11.2. The minimum Gasteiger partial charge on any atom is -0.378 e.